The minimum atomic E-state index is 1.04. The van der Waals surface area contributed by atoms with E-state index in [-0.39, 0.29) is 0 Å². The Labute approximate surface area is 116 Å². The Hall–Kier alpha value is -1.76. The van der Waals surface area contributed by atoms with Crippen molar-refractivity contribution in [2.45, 2.75) is 32.6 Å². The molecular weight excluding hydrogens is 230 g/mol. The summed E-state index contributed by atoms with van der Waals surface area (Å²) in [6.07, 6.45) is 4.67. The topological polar surface area (TPSA) is 12.0 Å². The van der Waals surface area contributed by atoms with E-state index >= 15 is 0 Å². The van der Waals surface area contributed by atoms with Crippen LogP contribution >= 0.6 is 0 Å². The van der Waals surface area contributed by atoms with Crippen molar-refractivity contribution in [2.75, 3.05) is 11.9 Å². The van der Waals surface area contributed by atoms with Gasteiger partial charge in [-0.25, -0.2) is 0 Å². The third kappa shape index (κ3) is 4.44. The third-order valence-electron chi connectivity index (χ3n) is 3.34. The minimum Gasteiger partial charge on any atom is -0.385 e. The molecule has 0 bridgehead atoms. The first kappa shape index (κ1) is 13.7. The zero-order chi connectivity index (χ0) is 13.3. The van der Waals surface area contributed by atoms with E-state index in [1.54, 1.807) is 0 Å². The number of nitrogens with one attached hydrogen (secondary N) is 1. The van der Waals surface area contributed by atoms with Crippen molar-refractivity contribution in [1.82, 2.24) is 0 Å². The van der Waals surface area contributed by atoms with Gasteiger partial charge in [-0.05, 0) is 36.5 Å². The largest absolute Gasteiger partial charge is 0.385 e. The predicted octanol–water partition coefficient (Wildman–Crippen LogP) is 4.68. The maximum Gasteiger partial charge on any atom is 0.0372 e. The molecule has 1 nitrogen and oxygen atoms in total. The Balaban J connectivity index is 1.79. The van der Waals surface area contributed by atoms with Crippen LogP contribution in [0, 0.1) is 0 Å². The highest BCUT2D eigenvalue weighted by Gasteiger charge is 1.99. The molecule has 19 heavy (non-hydrogen) atoms. The lowest BCUT2D eigenvalue weighted by Crippen LogP contribution is -2.05. The van der Waals surface area contributed by atoms with Crippen molar-refractivity contribution >= 4 is 5.69 Å². The van der Waals surface area contributed by atoms with Crippen LogP contribution in [0.4, 0.5) is 5.69 Å². The van der Waals surface area contributed by atoms with E-state index < -0.39 is 0 Å². The molecule has 2 aromatic rings. The van der Waals surface area contributed by atoms with E-state index in [1.807, 2.05) is 0 Å². The van der Waals surface area contributed by atoms with Gasteiger partial charge in [0.25, 0.3) is 0 Å². The van der Waals surface area contributed by atoms with Crippen LogP contribution in [0.15, 0.2) is 54.6 Å². The van der Waals surface area contributed by atoms with Gasteiger partial charge in [0.15, 0.2) is 0 Å². The zero-order valence-electron chi connectivity index (χ0n) is 11.7. The van der Waals surface area contributed by atoms with Crippen LogP contribution in [0.2, 0.25) is 0 Å². The van der Waals surface area contributed by atoms with Crippen LogP contribution in [-0.4, -0.2) is 6.54 Å². The number of rotatable bonds is 7. The molecule has 0 heterocycles. The van der Waals surface area contributed by atoms with Gasteiger partial charge in [-0.15, -0.1) is 0 Å². The highest BCUT2D eigenvalue weighted by molar-refractivity contribution is 5.51. The van der Waals surface area contributed by atoms with Crippen LogP contribution in [-0.2, 0) is 12.8 Å². The van der Waals surface area contributed by atoms with Crippen LogP contribution in [0.1, 0.15) is 30.9 Å². The Morgan fingerprint density at radius 1 is 0.842 bits per heavy atom. The van der Waals surface area contributed by atoms with Crippen LogP contribution in [0.3, 0.4) is 0 Å². The minimum absolute atomic E-state index is 1.04. The first-order chi connectivity index (χ1) is 9.40. The molecule has 1 N–H and O–H groups in total. The standard InChI is InChI=1S/C18H23N/c1-2-9-17-13-6-7-14-18(17)19-15-8-12-16-10-4-3-5-11-16/h3-7,10-11,13-14,19H,2,8-9,12,15H2,1H3. The van der Waals surface area contributed by atoms with Gasteiger partial charge in [-0.3, -0.25) is 0 Å². The van der Waals surface area contributed by atoms with Gasteiger partial charge < -0.3 is 5.32 Å². The van der Waals surface area contributed by atoms with Gasteiger partial charge in [0.05, 0.1) is 0 Å². The van der Waals surface area contributed by atoms with Crippen molar-refractivity contribution in [3.05, 3.63) is 65.7 Å². The van der Waals surface area contributed by atoms with Crippen LogP contribution in [0.25, 0.3) is 0 Å². The summed E-state index contributed by atoms with van der Waals surface area (Å²) in [6.45, 7) is 3.27. The van der Waals surface area contributed by atoms with Crippen molar-refractivity contribution < 1.29 is 0 Å². The third-order valence-corrected chi connectivity index (χ3v) is 3.34. The van der Waals surface area contributed by atoms with Gasteiger partial charge in [0.1, 0.15) is 0 Å². The molecule has 0 unspecified atom stereocenters. The molecule has 0 atom stereocenters. The average Bonchev–Trinajstić information content (AvgIpc) is 2.47. The lowest BCUT2D eigenvalue weighted by Gasteiger charge is -2.11. The van der Waals surface area contributed by atoms with E-state index in [0.29, 0.717) is 0 Å². The monoisotopic (exact) mass is 253 g/mol. The lowest BCUT2D eigenvalue weighted by molar-refractivity contribution is 0.857. The Kier molecular flexibility index (Phi) is 5.49. The molecule has 0 aromatic heterocycles. The molecule has 100 valence electrons. The molecule has 0 fully saturated rings. The fourth-order valence-electron chi connectivity index (χ4n) is 2.34. The Bertz CT molecular complexity index is 476. The van der Waals surface area contributed by atoms with Crippen molar-refractivity contribution in [3.63, 3.8) is 0 Å². The summed E-state index contributed by atoms with van der Waals surface area (Å²) < 4.78 is 0. The molecule has 1 heteroatoms. The van der Waals surface area contributed by atoms with E-state index in [2.05, 4.69) is 66.8 Å². The molecule has 0 saturated carbocycles. The summed E-state index contributed by atoms with van der Waals surface area (Å²) in [6, 6.07) is 19.3. The van der Waals surface area contributed by atoms with Crippen molar-refractivity contribution in [2.24, 2.45) is 0 Å². The molecule has 0 saturated heterocycles. The van der Waals surface area contributed by atoms with Crippen LogP contribution < -0.4 is 5.32 Å². The number of aryl methyl sites for hydroxylation is 2. The quantitative estimate of drug-likeness (QED) is 0.706. The maximum absolute atomic E-state index is 3.57. The Morgan fingerprint density at radius 2 is 1.58 bits per heavy atom. The second-order valence-electron chi connectivity index (χ2n) is 4.92. The number of hydrogen-bond donors (Lipinski definition) is 1. The first-order valence-electron chi connectivity index (χ1n) is 7.26. The van der Waals surface area contributed by atoms with E-state index in [9.17, 15) is 0 Å². The SMILES string of the molecule is CCCc1ccccc1NCCCc1ccccc1. The molecule has 0 spiro atoms. The van der Waals surface area contributed by atoms with Gasteiger partial charge >= 0.3 is 0 Å². The second-order valence-corrected chi connectivity index (χ2v) is 4.92. The summed E-state index contributed by atoms with van der Waals surface area (Å²) in [4.78, 5) is 0. The van der Waals surface area contributed by atoms with Gasteiger partial charge in [-0.2, -0.15) is 0 Å². The fourth-order valence-corrected chi connectivity index (χ4v) is 2.34. The summed E-state index contributed by atoms with van der Waals surface area (Å²) in [5.74, 6) is 0. The smallest absolute Gasteiger partial charge is 0.0372 e. The van der Waals surface area contributed by atoms with E-state index in [1.165, 1.54) is 29.7 Å². The molecular formula is C18H23N. The number of hydrogen-bond acceptors (Lipinski definition) is 1. The van der Waals surface area contributed by atoms with Crippen molar-refractivity contribution in [3.8, 4) is 0 Å². The Morgan fingerprint density at radius 3 is 2.37 bits per heavy atom. The summed E-state index contributed by atoms with van der Waals surface area (Å²) >= 11 is 0. The first-order valence-corrected chi connectivity index (χ1v) is 7.26. The van der Waals surface area contributed by atoms with Gasteiger partial charge in [0, 0.05) is 12.2 Å². The van der Waals surface area contributed by atoms with Crippen LogP contribution in [0.5, 0.6) is 0 Å². The second kappa shape index (κ2) is 7.63. The number of anilines is 1. The maximum atomic E-state index is 3.57. The fraction of sp³-hybridized carbons (Fsp3) is 0.333. The number of benzene rings is 2. The summed E-state index contributed by atoms with van der Waals surface area (Å²) in [5.41, 5.74) is 4.16. The highest BCUT2D eigenvalue weighted by Crippen LogP contribution is 2.16. The molecule has 2 aromatic carbocycles. The summed E-state index contributed by atoms with van der Waals surface area (Å²) in [5, 5.41) is 3.57. The average molecular weight is 253 g/mol. The molecule has 0 aliphatic rings. The normalized spacial score (nSPS) is 10.4. The van der Waals surface area contributed by atoms with Gasteiger partial charge in [0.2, 0.25) is 0 Å². The van der Waals surface area contributed by atoms with E-state index in [0.717, 1.165) is 19.4 Å². The molecule has 0 radical (unpaired) electrons. The number of para-hydroxylation sites is 1. The summed E-state index contributed by atoms with van der Waals surface area (Å²) in [7, 11) is 0. The van der Waals surface area contributed by atoms with Gasteiger partial charge in [-0.1, -0.05) is 61.9 Å². The van der Waals surface area contributed by atoms with E-state index in [4.69, 9.17) is 0 Å². The highest BCUT2D eigenvalue weighted by atomic mass is 14.9. The van der Waals surface area contributed by atoms with Crippen molar-refractivity contribution in [1.29, 1.82) is 0 Å². The molecule has 2 rings (SSSR count). The molecule has 0 amide bonds. The predicted molar refractivity (Wildman–Crippen MR) is 83.7 cm³/mol. The molecule has 0 aliphatic heterocycles. The lowest BCUT2D eigenvalue weighted by atomic mass is 10.1. The zero-order valence-corrected chi connectivity index (χ0v) is 11.7. The molecule has 0 aliphatic carbocycles.